The van der Waals surface area contributed by atoms with Crippen molar-refractivity contribution < 1.29 is 19.1 Å². The number of methoxy groups -OCH3 is 2. The minimum absolute atomic E-state index is 0.235. The van der Waals surface area contributed by atoms with Crippen LogP contribution in [-0.2, 0) is 22.6 Å². The molecule has 0 bridgehead atoms. The van der Waals surface area contributed by atoms with Gasteiger partial charge in [-0.15, -0.1) is 0 Å². The lowest BCUT2D eigenvalue weighted by molar-refractivity contribution is -0.137. The molecule has 150 valence electrons. The maximum absolute atomic E-state index is 13.2. The van der Waals surface area contributed by atoms with Crippen LogP contribution in [0, 0.1) is 0 Å². The molecule has 2 aromatic rings. The van der Waals surface area contributed by atoms with E-state index >= 15 is 0 Å². The van der Waals surface area contributed by atoms with Crippen molar-refractivity contribution in [2.75, 3.05) is 27.3 Å². The molecule has 2 aromatic carbocycles. The lowest BCUT2D eigenvalue weighted by Crippen LogP contribution is -2.37. The van der Waals surface area contributed by atoms with Crippen LogP contribution in [0.25, 0.3) is 5.57 Å². The first-order valence-electron chi connectivity index (χ1n) is 9.73. The Hall–Kier alpha value is -3.28. The van der Waals surface area contributed by atoms with Gasteiger partial charge >= 0.3 is 0 Å². The predicted octanol–water partition coefficient (Wildman–Crippen LogP) is 2.86. The summed E-state index contributed by atoms with van der Waals surface area (Å²) in [5, 5.41) is 0. The molecule has 0 saturated heterocycles. The molecule has 0 fully saturated rings. The highest BCUT2D eigenvalue weighted by atomic mass is 16.5. The number of ether oxygens (including phenoxy) is 2. The van der Waals surface area contributed by atoms with Gasteiger partial charge in [0.1, 0.15) is 5.70 Å². The van der Waals surface area contributed by atoms with Crippen LogP contribution in [0.15, 0.2) is 48.2 Å². The van der Waals surface area contributed by atoms with Gasteiger partial charge in [-0.25, -0.2) is 0 Å². The number of hydrogen-bond acceptors (Lipinski definition) is 5. The van der Waals surface area contributed by atoms with E-state index in [2.05, 4.69) is 12.1 Å². The number of amides is 2. The van der Waals surface area contributed by atoms with E-state index in [1.54, 1.807) is 32.4 Å². The van der Waals surface area contributed by atoms with E-state index in [4.69, 9.17) is 9.47 Å². The van der Waals surface area contributed by atoms with Gasteiger partial charge in [0.15, 0.2) is 11.5 Å². The number of likely N-dealkylation sites (N-methyl/N-ethyl adjacent to an activating group) is 1. The molecular formula is C23H24N2O4. The summed E-state index contributed by atoms with van der Waals surface area (Å²) >= 11 is 0. The fourth-order valence-corrected chi connectivity index (χ4v) is 4.08. The molecule has 0 spiro atoms. The number of hydrogen-bond donors (Lipinski definition) is 0. The first-order chi connectivity index (χ1) is 14.1. The SMILES string of the molecule is CCN1C(=O)C(c2ccc(OC)c(OC)c2)=C(N2CCc3ccccc3C2)C1=O. The Morgan fingerprint density at radius 3 is 2.34 bits per heavy atom. The summed E-state index contributed by atoms with van der Waals surface area (Å²) in [6.45, 7) is 3.46. The van der Waals surface area contributed by atoms with Crippen LogP contribution in [0.2, 0.25) is 0 Å². The summed E-state index contributed by atoms with van der Waals surface area (Å²) < 4.78 is 10.7. The zero-order valence-electron chi connectivity index (χ0n) is 16.9. The normalized spacial score (nSPS) is 16.4. The minimum Gasteiger partial charge on any atom is -0.493 e. The summed E-state index contributed by atoms with van der Waals surface area (Å²) in [4.78, 5) is 29.7. The van der Waals surface area contributed by atoms with E-state index in [1.807, 2.05) is 24.0 Å². The third-order valence-corrected chi connectivity index (χ3v) is 5.58. The van der Waals surface area contributed by atoms with Crippen molar-refractivity contribution in [3.8, 4) is 11.5 Å². The van der Waals surface area contributed by atoms with E-state index in [0.29, 0.717) is 48.0 Å². The Balaban J connectivity index is 1.82. The average molecular weight is 392 g/mol. The summed E-state index contributed by atoms with van der Waals surface area (Å²) in [5.74, 6) is 0.603. The van der Waals surface area contributed by atoms with E-state index in [9.17, 15) is 9.59 Å². The molecule has 0 aromatic heterocycles. The fourth-order valence-electron chi connectivity index (χ4n) is 4.08. The number of carbonyl (C=O) groups is 2. The summed E-state index contributed by atoms with van der Waals surface area (Å²) in [7, 11) is 3.12. The zero-order valence-corrected chi connectivity index (χ0v) is 16.9. The molecule has 0 atom stereocenters. The van der Waals surface area contributed by atoms with Gasteiger partial charge in [-0.2, -0.15) is 0 Å². The lowest BCUT2D eigenvalue weighted by atomic mass is 9.97. The van der Waals surface area contributed by atoms with Crippen molar-refractivity contribution in [1.29, 1.82) is 0 Å². The molecule has 2 heterocycles. The Labute approximate surface area is 170 Å². The van der Waals surface area contributed by atoms with Crippen molar-refractivity contribution in [1.82, 2.24) is 9.80 Å². The summed E-state index contributed by atoms with van der Waals surface area (Å²) in [5.41, 5.74) is 4.04. The first-order valence-corrected chi connectivity index (χ1v) is 9.73. The summed E-state index contributed by atoms with van der Waals surface area (Å²) in [6.07, 6.45) is 0.840. The predicted molar refractivity (Wildman–Crippen MR) is 109 cm³/mol. The van der Waals surface area contributed by atoms with Crippen molar-refractivity contribution in [3.63, 3.8) is 0 Å². The first kappa shape index (κ1) is 19.1. The largest absolute Gasteiger partial charge is 0.493 e. The van der Waals surface area contributed by atoms with Crippen molar-refractivity contribution in [2.24, 2.45) is 0 Å². The quantitative estimate of drug-likeness (QED) is 0.733. The lowest BCUT2D eigenvalue weighted by Gasteiger charge is -2.31. The standard InChI is InChI=1S/C23H24N2O4/c1-4-25-22(26)20(16-9-10-18(28-2)19(13-16)29-3)21(23(25)27)24-12-11-15-7-5-6-8-17(15)14-24/h5-10,13H,4,11-12,14H2,1-3H3. The molecule has 29 heavy (non-hydrogen) atoms. The molecule has 0 N–H and O–H groups in total. The van der Waals surface area contributed by atoms with Crippen LogP contribution < -0.4 is 9.47 Å². The number of rotatable bonds is 5. The van der Waals surface area contributed by atoms with Gasteiger partial charge in [0, 0.05) is 19.6 Å². The summed E-state index contributed by atoms with van der Waals surface area (Å²) in [6, 6.07) is 13.6. The van der Waals surface area contributed by atoms with E-state index < -0.39 is 0 Å². The second kappa shape index (κ2) is 7.62. The second-order valence-electron chi connectivity index (χ2n) is 7.09. The van der Waals surface area contributed by atoms with Gasteiger partial charge in [-0.3, -0.25) is 14.5 Å². The molecule has 2 aliphatic rings. The highest BCUT2D eigenvalue weighted by Gasteiger charge is 2.41. The Morgan fingerprint density at radius 1 is 0.931 bits per heavy atom. The number of imide groups is 1. The highest BCUT2D eigenvalue weighted by molar-refractivity contribution is 6.35. The Bertz CT molecular complexity index is 1010. The monoisotopic (exact) mass is 392 g/mol. The van der Waals surface area contributed by atoms with E-state index in [1.165, 1.54) is 16.0 Å². The van der Waals surface area contributed by atoms with E-state index in [0.717, 1.165) is 6.42 Å². The van der Waals surface area contributed by atoms with Crippen LogP contribution in [0.5, 0.6) is 11.5 Å². The molecule has 0 aliphatic carbocycles. The minimum atomic E-state index is -0.265. The molecule has 4 rings (SSSR count). The Kier molecular flexibility index (Phi) is 5.01. The van der Waals surface area contributed by atoms with Crippen molar-refractivity contribution >= 4 is 17.4 Å². The number of benzene rings is 2. The van der Waals surface area contributed by atoms with Crippen LogP contribution in [0.1, 0.15) is 23.6 Å². The van der Waals surface area contributed by atoms with Gasteiger partial charge in [0.25, 0.3) is 11.8 Å². The van der Waals surface area contributed by atoms with Crippen LogP contribution in [0.3, 0.4) is 0 Å². The molecule has 0 unspecified atom stereocenters. The molecular weight excluding hydrogens is 368 g/mol. The molecule has 2 aliphatic heterocycles. The average Bonchev–Trinajstić information content (AvgIpc) is 3.02. The zero-order chi connectivity index (χ0) is 20.5. The fraction of sp³-hybridized carbons (Fsp3) is 0.304. The number of fused-ring (bicyclic) bond motifs is 1. The van der Waals surface area contributed by atoms with Crippen LogP contribution in [0.4, 0.5) is 0 Å². The van der Waals surface area contributed by atoms with Gasteiger partial charge in [-0.05, 0) is 42.2 Å². The maximum atomic E-state index is 13.2. The topological polar surface area (TPSA) is 59.1 Å². The van der Waals surface area contributed by atoms with Gasteiger partial charge < -0.3 is 14.4 Å². The van der Waals surface area contributed by atoms with Crippen molar-refractivity contribution in [3.05, 3.63) is 64.9 Å². The smallest absolute Gasteiger partial charge is 0.277 e. The molecule has 6 nitrogen and oxygen atoms in total. The van der Waals surface area contributed by atoms with Gasteiger partial charge in [0.05, 0.1) is 19.8 Å². The molecule has 0 saturated carbocycles. The van der Waals surface area contributed by atoms with Crippen LogP contribution in [-0.4, -0.2) is 48.9 Å². The second-order valence-corrected chi connectivity index (χ2v) is 7.09. The molecule has 2 amide bonds. The maximum Gasteiger partial charge on any atom is 0.277 e. The third kappa shape index (κ3) is 3.14. The molecule has 6 heteroatoms. The highest BCUT2D eigenvalue weighted by Crippen LogP contribution is 2.37. The van der Waals surface area contributed by atoms with Crippen molar-refractivity contribution in [2.45, 2.75) is 19.9 Å². The van der Waals surface area contributed by atoms with Gasteiger partial charge in [-0.1, -0.05) is 30.3 Å². The number of carbonyl (C=O) groups excluding carboxylic acids is 2. The third-order valence-electron chi connectivity index (χ3n) is 5.58. The molecule has 0 radical (unpaired) electrons. The van der Waals surface area contributed by atoms with Crippen LogP contribution >= 0.6 is 0 Å². The number of nitrogens with zero attached hydrogens (tertiary/aromatic N) is 2. The Morgan fingerprint density at radius 2 is 1.66 bits per heavy atom. The van der Waals surface area contributed by atoms with E-state index in [-0.39, 0.29) is 11.8 Å². The van der Waals surface area contributed by atoms with Gasteiger partial charge in [0.2, 0.25) is 0 Å².